The van der Waals surface area contributed by atoms with Gasteiger partial charge in [-0.05, 0) is 30.5 Å². The van der Waals surface area contributed by atoms with E-state index in [2.05, 4.69) is 10.0 Å². The zero-order valence-corrected chi connectivity index (χ0v) is 14.6. The van der Waals surface area contributed by atoms with Crippen molar-refractivity contribution in [2.45, 2.75) is 38.3 Å². The predicted molar refractivity (Wildman–Crippen MR) is 89.2 cm³/mol. The number of carbonyl (C=O) groups is 1. The zero-order chi connectivity index (χ0) is 16.0. The molecule has 0 aliphatic rings. The van der Waals surface area contributed by atoms with Gasteiger partial charge in [-0.2, -0.15) is 0 Å². The average Bonchev–Trinajstić information content (AvgIpc) is 2.43. The van der Waals surface area contributed by atoms with E-state index >= 15 is 0 Å². The third kappa shape index (κ3) is 6.74. The lowest BCUT2D eigenvalue weighted by Gasteiger charge is -2.10. The first-order chi connectivity index (χ1) is 9.72. The maximum absolute atomic E-state index is 12.0. The van der Waals surface area contributed by atoms with Gasteiger partial charge in [0.25, 0.3) is 0 Å². The van der Waals surface area contributed by atoms with Crippen LogP contribution in [0.3, 0.4) is 0 Å². The Bertz CT molecular complexity index is 572. The van der Waals surface area contributed by atoms with Crippen LogP contribution in [0.25, 0.3) is 0 Å². The zero-order valence-electron chi connectivity index (χ0n) is 13.0. The Morgan fingerprint density at radius 1 is 1.18 bits per heavy atom. The molecule has 8 heteroatoms. The van der Waals surface area contributed by atoms with E-state index in [4.69, 9.17) is 5.73 Å². The molecule has 0 fully saturated rings. The molecule has 1 rings (SSSR count). The molecule has 0 aromatic heterocycles. The number of sulfonamides is 1. The van der Waals surface area contributed by atoms with Gasteiger partial charge in [-0.15, -0.1) is 12.4 Å². The number of amides is 1. The van der Waals surface area contributed by atoms with Crippen LogP contribution in [-0.2, 0) is 21.4 Å². The number of rotatable bonds is 7. The summed E-state index contributed by atoms with van der Waals surface area (Å²) in [6.07, 6.45) is 0. The molecule has 0 aliphatic heterocycles. The molecular formula is C14H24ClN3O3S. The predicted octanol–water partition coefficient (Wildman–Crippen LogP) is 1.01. The fourth-order valence-corrected chi connectivity index (χ4v) is 2.71. The quantitative estimate of drug-likeness (QED) is 0.683. The highest BCUT2D eigenvalue weighted by Gasteiger charge is 2.14. The lowest BCUT2D eigenvalue weighted by Crippen LogP contribution is -2.37. The Morgan fingerprint density at radius 2 is 1.73 bits per heavy atom. The minimum absolute atomic E-state index is 0. The van der Waals surface area contributed by atoms with E-state index in [0.29, 0.717) is 13.1 Å². The van der Waals surface area contributed by atoms with E-state index in [-0.39, 0.29) is 29.1 Å². The molecule has 1 unspecified atom stereocenters. The number of hydrogen-bond donors (Lipinski definition) is 3. The van der Waals surface area contributed by atoms with E-state index in [1.165, 1.54) is 12.1 Å². The van der Waals surface area contributed by atoms with E-state index in [0.717, 1.165) is 5.56 Å². The van der Waals surface area contributed by atoms with Crippen LogP contribution in [0.4, 0.5) is 0 Å². The maximum atomic E-state index is 12.0. The molecule has 0 radical (unpaired) electrons. The van der Waals surface area contributed by atoms with Crippen LogP contribution in [0.2, 0.25) is 0 Å². The van der Waals surface area contributed by atoms with Crippen molar-refractivity contribution in [3.63, 3.8) is 0 Å². The molecule has 0 aliphatic carbocycles. The van der Waals surface area contributed by atoms with Gasteiger partial charge in [0.05, 0.1) is 10.9 Å². The van der Waals surface area contributed by atoms with Crippen LogP contribution >= 0.6 is 12.4 Å². The summed E-state index contributed by atoms with van der Waals surface area (Å²) in [4.78, 5) is 11.6. The van der Waals surface area contributed by atoms with Gasteiger partial charge in [0.1, 0.15) is 0 Å². The highest BCUT2D eigenvalue weighted by Crippen LogP contribution is 2.11. The van der Waals surface area contributed by atoms with Gasteiger partial charge >= 0.3 is 0 Å². The molecule has 22 heavy (non-hydrogen) atoms. The van der Waals surface area contributed by atoms with Gasteiger partial charge in [0, 0.05) is 13.1 Å². The molecule has 4 N–H and O–H groups in total. The molecule has 6 nitrogen and oxygen atoms in total. The summed E-state index contributed by atoms with van der Waals surface area (Å²) < 4.78 is 26.6. The first-order valence-corrected chi connectivity index (χ1v) is 8.32. The number of nitrogens with one attached hydrogen (secondary N) is 2. The summed E-state index contributed by atoms with van der Waals surface area (Å²) in [5, 5.41) is 2.67. The van der Waals surface area contributed by atoms with Crippen molar-refractivity contribution in [2.24, 2.45) is 11.7 Å². The molecule has 0 bridgehead atoms. The maximum Gasteiger partial charge on any atom is 0.240 e. The second kappa shape index (κ2) is 9.09. The molecule has 1 atom stereocenters. The summed E-state index contributed by atoms with van der Waals surface area (Å²) in [7, 11) is -3.47. The van der Waals surface area contributed by atoms with E-state index < -0.39 is 16.1 Å². The summed E-state index contributed by atoms with van der Waals surface area (Å²) in [6, 6.07) is 5.83. The summed E-state index contributed by atoms with van der Waals surface area (Å²) in [5.74, 6) is -0.00203. The molecule has 0 heterocycles. The van der Waals surface area contributed by atoms with Crippen LogP contribution < -0.4 is 15.8 Å². The summed E-state index contributed by atoms with van der Waals surface area (Å²) in [5.41, 5.74) is 6.25. The number of benzene rings is 1. The van der Waals surface area contributed by atoms with Crippen LogP contribution in [0.15, 0.2) is 29.2 Å². The molecule has 126 valence electrons. The second-order valence-corrected chi connectivity index (χ2v) is 7.16. The van der Waals surface area contributed by atoms with Gasteiger partial charge in [-0.25, -0.2) is 13.1 Å². The van der Waals surface area contributed by atoms with Crippen molar-refractivity contribution >= 4 is 28.3 Å². The SMILES string of the molecule is CC(C)CNS(=O)(=O)c1ccc(CNC(=O)C(C)N)cc1.Cl. The standard InChI is InChI=1S/C14H23N3O3S.ClH/c1-10(2)8-17-21(19,20)13-6-4-12(5-7-13)9-16-14(18)11(3)15;/h4-7,10-11,17H,8-9,15H2,1-3H3,(H,16,18);1H. The van der Waals surface area contributed by atoms with Crippen LogP contribution in [0, 0.1) is 5.92 Å². The van der Waals surface area contributed by atoms with Gasteiger partial charge < -0.3 is 11.1 Å². The van der Waals surface area contributed by atoms with E-state index in [1.54, 1.807) is 19.1 Å². The Balaban J connectivity index is 0.00000441. The van der Waals surface area contributed by atoms with Crippen LogP contribution in [-0.4, -0.2) is 26.9 Å². The molecule has 0 saturated heterocycles. The van der Waals surface area contributed by atoms with Crippen LogP contribution in [0.5, 0.6) is 0 Å². The van der Waals surface area contributed by atoms with E-state index in [9.17, 15) is 13.2 Å². The number of halogens is 1. The summed E-state index contributed by atoms with van der Waals surface area (Å²) >= 11 is 0. The molecule has 1 aromatic carbocycles. The lowest BCUT2D eigenvalue weighted by atomic mass is 10.2. The van der Waals surface area contributed by atoms with Crippen molar-refractivity contribution in [3.8, 4) is 0 Å². The van der Waals surface area contributed by atoms with Crippen molar-refractivity contribution in [3.05, 3.63) is 29.8 Å². The van der Waals surface area contributed by atoms with E-state index in [1.807, 2.05) is 13.8 Å². The molecule has 1 amide bonds. The monoisotopic (exact) mass is 349 g/mol. The molecule has 0 saturated carbocycles. The summed E-state index contributed by atoms with van der Waals surface area (Å²) in [6.45, 7) is 6.19. The number of nitrogens with two attached hydrogens (primary N) is 1. The number of hydrogen-bond acceptors (Lipinski definition) is 4. The molecular weight excluding hydrogens is 326 g/mol. The minimum atomic E-state index is -3.47. The Hall–Kier alpha value is -1.15. The van der Waals surface area contributed by atoms with Crippen LogP contribution in [0.1, 0.15) is 26.3 Å². The minimum Gasteiger partial charge on any atom is -0.351 e. The number of carbonyl (C=O) groups excluding carboxylic acids is 1. The molecule has 1 aromatic rings. The van der Waals surface area contributed by atoms with Crippen molar-refractivity contribution < 1.29 is 13.2 Å². The van der Waals surface area contributed by atoms with Gasteiger partial charge in [0.15, 0.2) is 0 Å². The lowest BCUT2D eigenvalue weighted by molar-refractivity contribution is -0.122. The first kappa shape index (κ1) is 20.9. The van der Waals surface area contributed by atoms with Gasteiger partial charge in [-0.1, -0.05) is 26.0 Å². The highest BCUT2D eigenvalue weighted by molar-refractivity contribution is 7.89. The fraction of sp³-hybridized carbons (Fsp3) is 0.500. The molecule has 0 spiro atoms. The average molecular weight is 350 g/mol. The second-order valence-electron chi connectivity index (χ2n) is 5.40. The highest BCUT2D eigenvalue weighted by atomic mass is 35.5. The van der Waals surface area contributed by atoms with Crippen molar-refractivity contribution in [1.82, 2.24) is 10.0 Å². The van der Waals surface area contributed by atoms with Gasteiger partial charge in [-0.3, -0.25) is 4.79 Å². The Kier molecular flexibility index (Phi) is 8.62. The fourth-order valence-electron chi connectivity index (χ4n) is 1.50. The largest absolute Gasteiger partial charge is 0.351 e. The first-order valence-electron chi connectivity index (χ1n) is 6.84. The third-order valence-corrected chi connectivity index (χ3v) is 4.24. The topological polar surface area (TPSA) is 101 Å². The van der Waals surface area contributed by atoms with Gasteiger partial charge in [0.2, 0.25) is 15.9 Å². The Morgan fingerprint density at radius 3 is 2.18 bits per heavy atom. The van der Waals surface area contributed by atoms with Crippen molar-refractivity contribution in [1.29, 1.82) is 0 Å². The van der Waals surface area contributed by atoms with Crippen molar-refractivity contribution in [2.75, 3.05) is 6.54 Å². The normalized spacial score (nSPS) is 12.6. The third-order valence-electron chi connectivity index (χ3n) is 2.80. The smallest absolute Gasteiger partial charge is 0.240 e. The Labute approximate surface area is 138 Å².